The van der Waals surface area contributed by atoms with Crippen LogP contribution in [0.25, 0.3) is 0 Å². The number of amides is 3. The van der Waals surface area contributed by atoms with E-state index in [0.717, 1.165) is 0 Å². The Balaban J connectivity index is 1.58. The highest BCUT2D eigenvalue weighted by Gasteiger charge is 2.39. The third-order valence-corrected chi connectivity index (χ3v) is 5.12. The molecule has 7 nitrogen and oxygen atoms in total. The maximum atomic E-state index is 14.1. The van der Waals surface area contributed by atoms with Crippen LogP contribution in [-0.2, 0) is 22.7 Å². The molecule has 1 atom stereocenters. The average molecular weight is 398 g/mol. The van der Waals surface area contributed by atoms with Crippen molar-refractivity contribution in [1.82, 2.24) is 10.2 Å². The molecule has 0 unspecified atom stereocenters. The first-order valence-electron chi connectivity index (χ1n) is 9.68. The Morgan fingerprint density at radius 1 is 1.31 bits per heavy atom. The molecule has 150 valence electrons. The Morgan fingerprint density at radius 2 is 2.14 bits per heavy atom. The number of benzene rings is 2. The molecule has 0 radical (unpaired) electrons. The van der Waals surface area contributed by atoms with Crippen LogP contribution in [-0.4, -0.2) is 35.7 Å². The third kappa shape index (κ3) is 3.53. The number of methoxy groups -OCH3 is 1. The van der Waals surface area contributed by atoms with Crippen LogP contribution in [0.2, 0.25) is 0 Å². The Bertz CT molecular complexity index is 1060. The van der Waals surface area contributed by atoms with Crippen molar-refractivity contribution >= 4 is 23.4 Å². The van der Waals surface area contributed by atoms with E-state index in [0.29, 0.717) is 28.1 Å². The molecule has 2 N–H and O–H groups in total. The molecule has 2 aromatic carbocycles. The highest BCUT2D eigenvalue weighted by atomic mass is 19.1. The van der Waals surface area contributed by atoms with Gasteiger partial charge < -0.3 is 15.0 Å². The molecule has 0 saturated carbocycles. The fourth-order valence-corrected chi connectivity index (χ4v) is 3.58. The lowest BCUT2D eigenvalue weighted by molar-refractivity contribution is -0.136. The molecule has 0 aromatic heterocycles. The lowest BCUT2D eigenvalue weighted by atomic mass is 10.0. The van der Waals surface area contributed by atoms with Gasteiger partial charge in [-0.1, -0.05) is 6.07 Å². The smallest absolute Gasteiger partial charge is 0.255 e. The van der Waals surface area contributed by atoms with Crippen LogP contribution in [0.5, 0.6) is 5.75 Å². The van der Waals surface area contributed by atoms with Gasteiger partial charge in [0.05, 0.1) is 8.48 Å². The van der Waals surface area contributed by atoms with Gasteiger partial charge in [0.2, 0.25) is 11.8 Å². The zero-order valence-corrected chi connectivity index (χ0v) is 15.8. The number of fused-ring (bicyclic) bond motifs is 1. The molecular formula is C21H20FN3O4. The number of carbonyl (C=O) groups excluding carboxylic acids is 3. The van der Waals surface area contributed by atoms with Crippen molar-refractivity contribution in [2.75, 3.05) is 12.4 Å². The quantitative estimate of drug-likeness (QED) is 0.754. The molecule has 2 heterocycles. The maximum Gasteiger partial charge on any atom is 0.255 e. The van der Waals surface area contributed by atoms with Crippen LogP contribution < -0.4 is 15.4 Å². The number of ether oxygens (including phenoxy) is 1. The van der Waals surface area contributed by atoms with Crippen molar-refractivity contribution in [3.63, 3.8) is 0 Å². The molecule has 0 spiro atoms. The second kappa shape index (κ2) is 7.54. The normalized spacial score (nSPS) is 21.5. The maximum absolute atomic E-state index is 14.1. The van der Waals surface area contributed by atoms with Crippen molar-refractivity contribution in [1.29, 1.82) is 0 Å². The monoisotopic (exact) mass is 398 g/mol. The van der Waals surface area contributed by atoms with Gasteiger partial charge in [-0.2, -0.15) is 0 Å². The first kappa shape index (κ1) is 17.7. The highest BCUT2D eigenvalue weighted by Crippen LogP contribution is 2.32. The number of rotatable bonds is 5. The van der Waals surface area contributed by atoms with E-state index in [1.807, 2.05) is 0 Å². The summed E-state index contributed by atoms with van der Waals surface area (Å²) in [6.45, 7) is 0.206. The largest absolute Gasteiger partial charge is 0.497 e. The number of halogens is 1. The van der Waals surface area contributed by atoms with Crippen molar-refractivity contribution < 1.29 is 24.9 Å². The summed E-state index contributed by atoms with van der Waals surface area (Å²) in [5.74, 6) is -1.55. The van der Waals surface area contributed by atoms with Crippen LogP contribution in [0, 0.1) is 5.82 Å². The number of imide groups is 1. The number of anilines is 1. The number of piperidine rings is 1. The Morgan fingerprint density at radius 3 is 2.90 bits per heavy atom. The second-order valence-corrected chi connectivity index (χ2v) is 6.86. The van der Waals surface area contributed by atoms with E-state index in [9.17, 15) is 18.8 Å². The zero-order chi connectivity index (χ0) is 21.5. The molecule has 4 rings (SSSR count). The molecule has 0 aliphatic carbocycles. The second-order valence-electron chi connectivity index (χ2n) is 6.86. The van der Waals surface area contributed by atoms with Gasteiger partial charge in [-0.15, -0.1) is 0 Å². The summed E-state index contributed by atoms with van der Waals surface area (Å²) < 4.78 is 27.8. The van der Waals surface area contributed by atoms with Crippen LogP contribution >= 0.6 is 0 Å². The number of nitrogens with one attached hydrogen (secondary N) is 2. The van der Waals surface area contributed by atoms with Crippen LogP contribution in [0.4, 0.5) is 10.1 Å². The van der Waals surface area contributed by atoms with Gasteiger partial charge in [0.15, 0.2) is 0 Å². The average Bonchev–Trinajstić information content (AvgIpc) is 3.08. The summed E-state index contributed by atoms with van der Waals surface area (Å²) in [6, 6.07) is 7.67. The van der Waals surface area contributed by atoms with Crippen LogP contribution in [0.3, 0.4) is 0 Å². The van der Waals surface area contributed by atoms with E-state index in [2.05, 4.69) is 10.6 Å². The number of nitrogens with zero attached hydrogens (tertiary/aromatic N) is 1. The molecule has 1 fully saturated rings. The third-order valence-electron chi connectivity index (χ3n) is 5.12. The van der Waals surface area contributed by atoms with Crippen molar-refractivity contribution in [2.45, 2.75) is 31.9 Å². The van der Waals surface area contributed by atoms with Crippen molar-refractivity contribution in [3.05, 3.63) is 58.9 Å². The van der Waals surface area contributed by atoms with Gasteiger partial charge in [0.25, 0.3) is 5.91 Å². The lowest BCUT2D eigenvalue weighted by Gasteiger charge is -2.29. The molecule has 29 heavy (non-hydrogen) atoms. The minimum absolute atomic E-state index is 0.00438. The number of hydrogen-bond acceptors (Lipinski definition) is 5. The van der Waals surface area contributed by atoms with Gasteiger partial charge in [-0.3, -0.25) is 19.7 Å². The molecule has 2 aliphatic rings. The van der Waals surface area contributed by atoms with Gasteiger partial charge in [-0.05, 0) is 36.8 Å². The standard InChI is InChI=1S/C21H20FN3O4/c1-29-13-5-6-16(22)12(9-13)10-23-17-4-2-3-14-15(17)11-25(21(14)28)18-7-8-19(26)24-20(18)27/h2-6,9,18,23H,7-8,10-11H2,1H3,(H,24,26,27)/t18-/m0/s1/i18D. The fourth-order valence-electron chi connectivity index (χ4n) is 3.58. The van der Waals surface area contributed by atoms with E-state index in [4.69, 9.17) is 6.11 Å². The summed E-state index contributed by atoms with van der Waals surface area (Å²) in [6.07, 6.45) is -0.0647. The predicted molar refractivity (Wildman–Crippen MR) is 103 cm³/mol. The Hall–Kier alpha value is -3.42. The minimum Gasteiger partial charge on any atom is -0.497 e. The molecule has 1 saturated heterocycles. The molecule has 0 bridgehead atoms. The SMILES string of the molecule is [2H][C@]1(N2Cc3c(NCc4cc(OC)ccc4F)cccc3C2=O)CCC(=O)NC1=O. The number of hydrogen-bond donors (Lipinski definition) is 2. The molecule has 8 heteroatoms. The van der Waals surface area contributed by atoms with Gasteiger partial charge in [0, 0.05) is 41.9 Å². The predicted octanol–water partition coefficient (Wildman–Crippen LogP) is 2.21. The highest BCUT2D eigenvalue weighted by molar-refractivity contribution is 6.06. The van der Waals surface area contributed by atoms with E-state index in [1.54, 1.807) is 24.3 Å². The van der Waals surface area contributed by atoms with Crippen molar-refractivity contribution in [3.8, 4) is 5.75 Å². The Kier molecular flexibility index (Phi) is 4.59. The summed E-state index contributed by atoms with van der Waals surface area (Å²) in [5, 5.41) is 5.28. The van der Waals surface area contributed by atoms with E-state index >= 15 is 0 Å². The van der Waals surface area contributed by atoms with Crippen molar-refractivity contribution in [2.24, 2.45) is 0 Å². The molecule has 2 aromatic rings. The molecular weight excluding hydrogens is 377 g/mol. The Labute approximate surface area is 168 Å². The van der Waals surface area contributed by atoms with E-state index in [1.165, 1.54) is 24.1 Å². The van der Waals surface area contributed by atoms with Gasteiger partial charge in [-0.25, -0.2) is 4.39 Å². The van der Waals surface area contributed by atoms with E-state index < -0.39 is 23.7 Å². The topological polar surface area (TPSA) is 87.7 Å². The minimum atomic E-state index is -1.85. The van der Waals surface area contributed by atoms with Gasteiger partial charge in [0.1, 0.15) is 17.6 Å². The van der Waals surface area contributed by atoms with Crippen LogP contribution in [0.15, 0.2) is 36.4 Å². The molecule has 3 amide bonds. The summed E-state index contributed by atoms with van der Waals surface area (Å²) in [5.41, 5.74) is 2.02. The van der Waals surface area contributed by atoms with E-state index in [-0.39, 0.29) is 31.7 Å². The first-order chi connectivity index (χ1) is 14.3. The summed E-state index contributed by atoms with van der Waals surface area (Å²) in [7, 11) is 1.50. The fraction of sp³-hybridized carbons (Fsp3) is 0.286. The number of carbonyl (C=O) groups is 3. The first-order valence-corrected chi connectivity index (χ1v) is 9.18. The lowest BCUT2D eigenvalue weighted by Crippen LogP contribution is -2.52. The zero-order valence-electron chi connectivity index (χ0n) is 16.8. The van der Waals surface area contributed by atoms with Crippen LogP contribution in [0.1, 0.15) is 35.7 Å². The van der Waals surface area contributed by atoms with Gasteiger partial charge >= 0.3 is 0 Å². The summed E-state index contributed by atoms with van der Waals surface area (Å²) in [4.78, 5) is 37.9. The molecule has 2 aliphatic heterocycles. The summed E-state index contributed by atoms with van der Waals surface area (Å²) >= 11 is 0.